The number of rotatable bonds is 2. The maximum atomic E-state index is 12.0. The third-order valence-electron chi connectivity index (χ3n) is 4.84. The number of fused-ring (bicyclic) bond motifs is 2. The molecule has 5 nitrogen and oxygen atoms in total. The van der Waals surface area contributed by atoms with E-state index in [1.165, 1.54) is 0 Å². The second kappa shape index (κ2) is 5.88. The molecule has 0 unspecified atom stereocenters. The number of aromatic amines is 1. The van der Waals surface area contributed by atoms with Crippen molar-refractivity contribution in [3.05, 3.63) is 71.2 Å². The fraction of sp³-hybridized carbons (Fsp3) is 0.143. The van der Waals surface area contributed by atoms with Crippen LogP contribution in [0.4, 0.5) is 0 Å². The number of nitrogens with one attached hydrogen (secondary N) is 2. The number of pyridine rings is 1. The predicted molar refractivity (Wildman–Crippen MR) is 99.9 cm³/mol. The van der Waals surface area contributed by atoms with Crippen LogP contribution in [-0.4, -0.2) is 29.0 Å². The molecule has 0 fully saturated rings. The topological polar surface area (TPSA) is 67.0 Å². The molecule has 0 saturated carbocycles. The Morgan fingerprint density at radius 3 is 2.96 bits per heavy atom. The van der Waals surface area contributed by atoms with Crippen molar-refractivity contribution in [1.29, 1.82) is 0 Å². The molecule has 4 heterocycles. The van der Waals surface area contributed by atoms with Crippen molar-refractivity contribution in [2.75, 3.05) is 13.2 Å². The van der Waals surface area contributed by atoms with E-state index in [0.717, 1.165) is 51.5 Å². The van der Waals surface area contributed by atoms with Gasteiger partial charge in [0, 0.05) is 47.3 Å². The third-order valence-corrected chi connectivity index (χ3v) is 4.84. The zero-order valence-corrected chi connectivity index (χ0v) is 14.1. The summed E-state index contributed by atoms with van der Waals surface area (Å²) in [6, 6.07) is 13.9. The number of carbonyl (C=O) groups is 1. The summed E-state index contributed by atoms with van der Waals surface area (Å²) < 4.78 is 5.85. The standard InChI is InChI=1S/C21H17N3O2/c25-21-16-11-19(24-17(16)6-8-23-21)13-5-7-22-18(10-13)15-9-14-3-1-2-4-20(14)26-12-15/h1-5,7,9-11,24H,6,8,12H2,(H,23,25). The summed E-state index contributed by atoms with van der Waals surface area (Å²) in [4.78, 5) is 19.9. The monoisotopic (exact) mass is 343 g/mol. The first-order valence-electron chi connectivity index (χ1n) is 8.67. The maximum absolute atomic E-state index is 12.0. The van der Waals surface area contributed by atoms with Gasteiger partial charge in [0.05, 0.1) is 11.3 Å². The number of benzene rings is 1. The van der Waals surface area contributed by atoms with Crippen molar-refractivity contribution in [3.63, 3.8) is 0 Å². The number of nitrogens with zero attached hydrogens (tertiary/aromatic N) is 1. The fourth-order valence-electron chi connectivity index (χ4n) is 3.49. The minimum atomic E-state index is -0.0111. The SMILES string of the molecule is O=C1NCCc2[nH]c(-c3ccnc(C4=Cc5ccccc5OC4)c3)cc21. The van der Waals surface area contributed by atoms with Gasteiger partial charge >= 0.3 is 0 Å². The van der Waals surface area contributed by atoms with E-state index in [0.29, 0.717) is 13.2 Å². The van der Waals surface area contributed by atoms with Gasteiger partial charge in [-0.15, -0.1) is 0 Å². The summed E-state index contributed by atoms with van der Waals surface area (Å²) in [5.41, 5.74) is 6.67. The fourth-order valence-corrected chi connectivity index (χ4v) is 3.49. The molecule has 2 aromatic heterocycles. The molecule has 0 aliphatic carbocycles. The molecule has 2 aliphatic rings. The summed E-state index contributed by atoms with van der Waals surface area (Å²) in [6.45, 7) is 1.17. The Labute approximate surface area is 150 Å². The van der Waals surface area contributed by atoms with E-state index >= 15 is 0 Å². The molecular weight excluding hydrogens is 326 g/mol. The zero-order chi connectivity index (χ0) is 17.5. The first kappa shape index (κ1) is 15.0. The summed E-state index contributed by atoms with van der Waals surface area (Å²) >= 11 is 0. The summed E-state index contributed by atoms with van der Waals surface area (Å²) in [5.74, 6) is 0.887. The average Bonchev–Trinajstić information content (AvgIpc) is 3.14. The molecule has 0 saturated heterocycles. The van der Waals surface area contributed by atoms with Crippen LogP contribution in [0.15, 0.2) is 48.7 Å². The number of amides is 1. The Hall–Kier alpha value is -3.34. The highest BCUT2D eigenvalue weighted by Crippen LogP contribution is 2.31. The van der Waals surface area contributed by atoms with Gasteiger partial charge in [0.1, 0.15) is 12.4 Å². The second-order valence-electron chi connectivity index (χ2n) is 6.51. The molecule has 26 heavy (non-hydrogen) atoms. The highest BCUT2D eigenvalue weighted by atomic mass is 16.5. The molecule has 5 rings (SSSR count). The Morgan fingerprint density at radius 1 is 1.12 bits per heavy atom. The van der Waals surface area contributed by atoms with Crippen LogP contribution in [0.25, 0.3) is 22.9 Å². The molecule has 1 amide bonds. The number of H-pyrrole nitrogens is 1. The van der Waals surface area contributed by atoms with Crippen molar-refractivity contribution in [2.45, 2.75) is 6.42 Å². The van der Waals surface area contributed by atoms with Crippen LogP contribution in [-0.2, 0) is 6.42 Å². The predicted octanol–water partition coefficient (Wildman–Crippen LogP) is 3.30. The van der Waals surface area contributed by atoms with Gasteiger partial charge in [-0.2, -0.15) is 0 Å². The minimum absolute atomic E-state index is 0.0111. The molecule has 128 valence electrons. The zero-order valence-electron chi connectivity index (χ0n) is 14.1. The van der Waals surface area contributed by atoms with Crippen molar-refractivity contribution >= 4 is 17.6 Å². The summed E-state index contributed by atoms with van der Waals surface area (Å²) in [6.07, 6.45) is 4.75. The van der Waals surface area contributed by atoms with Crippen molar-refractivity contribution in [1.82, 2.24) is 15.3 Å². The highest BCUT2D eigenvalue weighted by molar-refractivity contribution is 5.98. The average molecular weight is 343 g/mol. The number of ether oxygens (including phenoxy) is 1. The van der Waals surface area contributed by atoms with Gasteiger partial charge in [-0.25, -0.2) is 0 Å². The van der Waals surface area contributed by atoms with Gasteiger partial charge in [-0.3, -0.25) is 9.78 Å². The first-order chi connectivity index (χ1) is 12.8. The summed E-state index contributed by atoms with van der Waals surface area (Å²) in [7, 11) is 0. The van der Waals surface area contributed by atoms with Gasteiger partial charge in [0.25, 0.3) is 5.91 Å². The van der Waals surface area contributed by atoms with Crippen LogP contribution >= 0.6 is 0 Å². The van der Waals surface area contributed by atoms with E-state index in [2.05, 4.69) is 21.4 Å². The maximum Gasteiger partial charge on any atom is 0.253 e. The molecule has 0 atom stereocenters. The molecule has 2 aliphatic heterocycles. The van der Waals surface area contributed by atoms with E-state index in [4.69, 9.17) is 4.74 Å². The van der Waals surface area contributed by atoms with Crippen molar-refractivity contribution in [3.8, 4) is 17.0 Å². The number of hydrogen-bond acceptors (Lipinski definition) is 3. The quantitative estimate of drug-likeness (QED) is 0.750. The second-order valence-corrected chi connectivity index (χ2v) is 6.51. The Morgan fingerprint density at radius 2 is 2.04 bits per heavy atom. The number of para-hydroxylation sites is 1. The Balaban J connectivity index is 1.53. The Kier molecular flexibility index (Phi) is 3.38. The largest absolute Gasteiger partial charge is 0.488 e. The van der Waals surface area contributed by atoms with E-state index in [1.807, 2.05) is 42.5 Å². The van der Waals surface area contributed by atoms with Crippen LogP contribution in [0.2, 0.25) is 0 Å². The lowest BCUT2D eigenvalue weighted by Crippen LogP contribution is -2.31. The molecule has 1 aromatic carbocycles. The lowest BCUT2D eigenvalue weighted by atomic mass is 10.0. The van der Waals surface area contributed by atoms with Crippen LogP contribution in [0, 0.1) is 0 Å². The van der Waals surface area contributed by atoms with Crippen molar-refractivity contribution in [2.24, 2.45) is 0 Å². The smallest absolute Gasteiger partial charge is 0.253 e. The minimum Gasteiger partial charge on any atom is -0.488 e. The van der Waals surface area contributed by atoms with Crippen LogP contribution in [0.1, 0.15) is 27.3 Å². The van der Waals surface area contributed by atoms with Crippen LogP contribution < -0.4 is 10.1 Å². The van der Waals surface area contributed by atoms with E-state index in [1.54, 1.807) is 6.20 Å². The normalized spacial score (nSPS) is 15.4. The number of carbonyl (C=O) groups excluding carboxylic acids is 1. The van der Waals surface area contributed by atoms with Crippen LogP contribution in [0.3, 0.4) is 0 Å². The first-order valence-corrected chi connectivity index (χ1v) is 8.67. The van der Waals surface area contributed by atoms with E-state index < -0.39 is 0 Å². The van der Waals surface area contributed by atoms with Gasteiger partial charge in [0.2, 0.25) is 0 Å². The molecule has 0 spiro atoms. The van der Waals surface area contributed by atoms with Crippen molar-refractivity contribution < 1.29 is 9.53 Å². The van der Waals surface area contributed by atoms with Crippen LogP contribution in [0.5, 0.6) is 5.75 Å². The Bertz CT molecular complexity index is 1050. The van der Waals surface area contributed by atoms with Gasteiger partial charge < -0.3 is 15.0 Å². The number of hydrogen-bond donors (Lipinski definition) is 2. The third kappa shape index (κ3) is 2.49. The van der Waals surface area contributed by atoms with Gasteiger partial charge in [-0.05, 0) is 30.3 Å². The number of aromatic nitrogens is 2. The molecule has 0 bridgehead atoms. The van der Waals surface area contributed by atoms with E-state index in [-0.39, 0.29) is 5.91 Å². The molecule has 2 N–H and O–H groups in total. The molecule has 3 aromatic rings. The molecular formula is C21H17N3O2. The van der Waals surface area contributed by atoms with Gasteiger partial charge in [0.15, 0.2) is 0 Å². The summed E-state index contributed by atoms with van der Waals surface area (Å²) in [5, 5.41) is 2.88. The van der Waals surface area contributed by atoms with E-state index in [9.17, 15) is 4.79 Å². The molecule has 0 radical (unpaired) electrons. The van der Waals surface area contributed by atoms with Gasteiger partial charge in [-0.1, -0.05) is 18.2 Å². The highest BCUT2D eigenvalue weighted by Gasteiger charge is 2.20. The molecule has 5 heteroatoms. The lowest BCUT2D eigenvalue weighted by molar-refractivity contribution is 0.0946. The lowest BCUT2D eigenvalue weighted by Gasteiger charge is -2.17.